The molecule has 0 amide bonds. The highest BCUT2D eigenvalue weighted by molar-refractivity contribution is 6.92. The lowest BCUT2D eigenvalue weighted by Crippen LogP contribution is -2.69. The van der Waals surface area contributed by atoms with Crippen LogP contribution in [0, 0.1) is 0 Å². The first-order valence-electron chi connectivity index (χ1n) is 8.23. The topological polar surface area (TPSA) is 58.2 Å². The number of nitrogens with one attached hydrogen (secondary N) is 1. The highest BCUT2D eigenvalue weighted by atomic mass is 28.5. The zero-order chi connectivity index (χ0) is 18.3. The summed E-state index contributed by atoms with van der Waals surface area (Å²) in [5.74, 6) is 0. The van der Waals surface area contributed by atoms with Crippen LogP contribution in [0.4, 0.5) is 0 Å². The van der Waals surface area contributed by atoms with E-state index in [1.54, 1.807) is 0 Å². The lowest BCUT2D eigenvalue weighted by molar-refractivity contribution is 0.228. The summed E-state index contributed by atoms with van der Waals surface area (Å²) in [6.45, 7) is 22.9. The lowest BCUT2D eigenvalue weighted by atomic mass is 10.4. The summed E-state index contributed by atoms with van der Waals surface area (Å²) in [6.07, 6.45) is 0. The van der Waals surface area contributed by atoms with E-state index >= 15 is 0 Å². The molecular formula is C12H35NO5Si5. The van der Waals surface area contributed by atoms with Crippen LogP contribution in [0.3, 0.4) is 0 Å². The molecule has 0 atom stereocenters. The molecule has 0 unspecified atom stereocenters. The van der Waals surface area contributed by atoms with E-state index in [0.29, 0.717) is 0 Å². The van der Waals surface area contributed by atoms with Crippen molar-refractivity contribution in [3.63, 3.8) is 0 Å². The number of rotatable bonds is 2. The quantitative estimate of drug-likeness (QED) is 0.700. The normalized spacial score (nSPS) is 29.2. The van der Waals surface area contributed by atoms with Crippen molar-refractivity contribution in [1.82, 2.24) is 4.98 Å². The minimum atomic E-state index is -2.62. The van der Waals surface area contributed by atoms with Crippen LogP contribution in [-0.2, 0) is 20.6 Å². The van der Waals surface area contributed by atoms with Gasteiger partial charge in [-0.05, 0) is 65.0 Å². The molecule has 1 rings (SSSR count). The molecule has 0 spiro atoms. The minimum absolute atomic E-state index is 0.274. The fourth-order valence-corrected chi connectivity index (χ4v) is 29.3. The van der Waals surface area contributed by atoms with Crippen molar-refractivity contribution in [1.29, 1.82) is 0 Å². The van der Waals surface area contributed by atoms with Gasteiger partial charge in [-0.15, -0.1) is 0 Å². The molecule has 1 heterocycles. The molecule has 11 heteroatoms. The molecule has 1 aliphatic rings. The molecule has 1 aliphatic heterocycles. The molecular weight excluding hydrogens is 379 g/mol. The van der Waals surface area contributed by atoms with Gasteiger partial charge in [0.25, 0.3) is 0 Å². The third kappa shape index (κ3) is 7.73. The van der Waals surface area contributed by atoms with Crippen molar-refractivity contribution in [3.8, 4) is 0 Å². The van der Waals surface area contributed by atoms with Gasteiger partial charge >= 0.3 is 43.0 Å². The molecule has 0 aromatic carbocycles. The monoisotopic (exact) mass is 413 g/mol. The van der Waals surface area contributed by atoms with E-state index in [4.69, 9.17) is 20.6 Å². The van der Waals surface area contributed by atoms with E-state index in [-0.39, 0.29) is 6.04 Å². The van der Waals surface area contributed by atoms with Crippen LogP contribution < -0.4 is 4.98 Å². The van der Waals surface area contributed by atoms with Crippen LogP contribution in [0.2, 0.25) is 58.9 Å². The maximum atomic E-state index is 6.50. The Labute approximate surface area is 147 Å². The highest BCUT2D eigenvalue weighted by Gasteiger charge is 2.52. The third-order valence-corrected chi connectivity index (χ3v) is 22.9. The van der Waals surface area contributed by atoms with Gasteiger partial charge in [0.1, 0.15) is 0 Å². The zero-order valence-corrected chi connectivity index (χ0v) is 21.6. The SMILES string of the molecule is CC(C)N[Si]1(C)O[Si](C)(C)O[Si](C)(C)O[Si](C)(C)O[Si](C)(C)O1. The van der Waals surface area contributed by atoms with Gasteiger partial charge in [-0.1, -0.05) is 13.8 Å². The Kier molecular flexibility index (Phi) is 6.53. The summed E-state index contributed by atoms with van der Waals surface area (Å²) >= 11 is 0. The molecule has 0 saturated carbocycles. The predicted molar refractivity (Wildman–Crippen MR) is 105 cm³/mol. The summed E-state index contributed by atoms with van der Waals surface area (Å²) in [7, 11) is -12.1. The summed E-state index contributed by atoms with van der Waals surface area (Å²) in [4.78, 5) is 3.53. The van der Waals surface area contributed by atoms with Gasteiger partial charge in [0.2, 0.25) is 0 Å². The summed E-state index contributed by atoms with van der Waals surface area (Å²) in [6, 6.07) is 0.274. The van der Waals surface area contributed by atoms with Gasteiger partial charge in [-0.2, -0.15) is 0 Å². The molecule has 6 nitrogen and oxygen atoms in total. The van der Waals surface area contributed by atoms with Crippen LogP contribution in [0.15, 0.2) is 0 Å². The summed E-state index contributed by atoms with van der Waals surface area (Å²) < 4.78 is 32.2. The van der Waals surface area contributed by atoms with Crippen LogP contribution in [0.5, 0.6) is 0 Å². The minimum Gasteiger partial charge on any atom is -0.416 e. The van der Waals surface area contributed by atoms with E-state index in [9.17, 15) is 0 Å². The maximum absolute atomic E-state index is 6.50. The Hall–Kier alpha value is 0.844. The molecule has 1 N–H and O–H groups in total. The van der Waals surface area contributed by atoms with Crippen molar-refractivity contribution in [2.45, 2.75) is 78.8 Å². The average molecular weight is 414 g/mol. The molecule has 0 aromatic heterocycles. The van der Waals surface area contributed by atoms with Crippen molar-refractivity contribution >= 4 is 43.0 Å². The van der Waals surface area contributed by atoms with E-state index in [0.717, 1.165) is 0 Å². The molecule has 1 saturated heterocycles. The van der Waals surface area contributed by atoms with Crippen LogP contribution in [0.1, 0.15) is 13.8 Å². The second kappa shape index (κ2) is 6.87. The molecule has 0 bridgehead atoms. The number of hydrogen-bond acceptors (Lipinski definition) is 6. The number of hydrogen-bond donors (Lipinski definition) is 1. The second-order valence-corrected chi connectivity index (χ2v) is 25.8. The Morgan fingerprint density at radius 3 is 1.04 bits per heavy atom. The van der Waals surface area contributed by atoms with Crippen molar-refractivity contribution in [3.05, 3.63) is 0 Å². The van der Waals surface area contributed by atoms with E-state index < -0.39 is 43.0 Å². The van der Waals surface area contributed by atoms with Crippen LogP contribution in [-0.4, -0.2) is 49.0 Å². The van der Waals surface area contributed by atoms with Gasteiger partial charge < -0.3 is 20.6 Å². The predicted octanol–water partition coefficient (Wildman–Crippen LogP) is 3.46. The standard InChI is InChI=1S/C12H35NO5Si5/c1-12(2)13-23(11)17-21(7,8)15-19(3,4)14-20(5,6)16-22(9,10)18-23/h12-13H,1-11H3. The summed E-state index contributed by atoms with van der Waals surface area (Å²) in [5, 5.41) is 0. The smallest absolute Gasteiger partial charge is 0.404 e. The van der Waals surface area contributed by atoms with Gasteiger partial charge in [0, 0.05) is 0 Å². The van der Waals surface area contributed by atoms with Crippen molar-refractivity contribution < 1.29 is 20.6 Å². The Morgan fingerprint density at radius 1 is 0.522 bits per heavy atom. The first-order valence-corrected chi connectivity index (χ1v) is 21.8. The molecule has 23 heavy (non-hydrogen) atoms. The van der Waals surface area contributed by atoms with Crippen molar-refractivity contribution in [2.24, 2.45) is 0 Å². The molecule has 0 aromatic rings. The highest BCUT2D eigenvalue weighted by Crippen LogP contribution is 2.30. The molecule has 1 fully saturated rings. The van der Waals surface area contributed by atoms with E-state index in [2.05, 4.69) is 77.8 Å². The summed E-state index contributed by atoms with van der Waals surface area (Å²) in [5.41, 5.74) is 0. The molecule has 0 aliphatic carbocycles. The third-order valence-electron chi connectivity index (χ3n) is 2.91. The van der Waals surface area contributed by atoms with Gasteiger partial charge in [0.15, 0.2) is 0 Å². The van der Waals surface area contributed by atoms with E-state index in [1.165, 1.54) is 0 Å². The second-order valence-electron chi connectivity index (χ2n) is 8.35. The fraction of sp³-hybridized carbons (Fsp3) is 1.00. The van der Waals surface area contributed by atoms with E-state index in [1.807, 2.05) is 0 Å². The maximum Gasteiger partial charge on any atom is 0.404 e. The Morgan fingerprint density at radius 2 is 0.783 bits per heavy atom. The van der Waals surface area contributed by atoms with Gasteiger partial charge in [-0.3, -0.25) is 4.98 Å². The molecule has 0 radical (unpaired) electrons. The molecule has 138 valence electrons. The Balaban J connectivity index is 3.24. The largest absolute Gasteiger partial charge is 0.416 e. The first kappa shape index (κ1) is 21.9. The van der Waals surface area contributed by atoms with Crippen LogP contribution >= 0.6 is 0 Å². The van der Waals surface area contributed by atoms with Gasteiger partial charge in [0.05, 0.1) is 0 Å². The van der Waals surface area contributed by atoms with Crippen LogP contribution in [0.25, 0.3) is 0 Å². The fourth-order valence-electron chi connectivity index (χ4n) is 3.40. The lowest BCUT2D eigenvalue weighted by Gasteiger charge is -2.47. The zero-order valence-electron chi connectivity index (χ0n) is 16.6. The average Bonchev–Trinajstić information content (AvgIpc) is 2.01. The van der Waals surface area contributed by atoms with Crippen molar-refractivity contribution in [2.75, 3.05) is 0 Å². The first-order chi connectivity index (χ1) is 9.95. The Bertz CT molecular complexity index is 400. The van der Waals surface area contributed by atoms with Gasteiger partial charge in [-0.25, -0.2) is 0 Å².